The molecular weight excluding hydrogens is 268 g/mol. The van der Waals surface area contributed by atoms with Gasteiger partial charge in [-0.15, -0.1) is 0 Å². The molecule has 114 valence electrons. The van der Waals surface area contributed by atoms with Crippen LogP contribution in [0.4, 0.5) is 4.79 Å². The Hall–Kier alpha value is -1.91. The Balaban J connectivity index is 1.77. The maximum atomic E-state index is 11.2. The summed E-state index contributed by atoms with van der Waals surface area (Å²) in [5.41, 5.74) is 1.16. The second kappa shape index (κ2) is 6.24. The Morgan fingerprint density at radius 1 is 1.10 bits per heavy atom. The molecule has 1 aliphatic carbocycles. The van der Waals surface area contributed by atoms with Crippen LogP contribution in [0.3, 0.4) is 0 Å². The zero-order valence-corrected chi connectivity index (χ0v) is 12.4. The van der Waals surface area contributed by atoms with Crippen LogP contribution in [0.2, 0.25) is 0 Å². The van der Waals surface area contributed by atoms with E-state index in [1.54, 1.807) is 7.11 Å². The number of carbonyl (C=O) groups is 1. The number of ether oxygens (including phenoxy) is 2. The highest BCUT2D eigenvalue weighted by Crippen LogP contribution is 2.34. The zero-order valence-electron chi connectivity index (χ0n) is 12.4. The normalized spacial score (nSPS) is 20.0. The predicted octanol–water partition coefficient (Wildman–Crippen LogP) is 2.41. The van der Waals surface area contributed by atoms with E-state index in [1.165, 1.54) is 12.8 Å². The van der Waals surface area contributed by atoms with Gasteiger partial charge in [0.25, 0.3) is 0 Å². The van der Waals surface area contributed by atoms with E-state index in [4.69, 9.17) is 9.47 Å². The molecule has 1 aromatic carbocycles. The number of nitrogens with one attached hydrogen (secondary N) is 2. The lowest BCUT2D eigenvalue weighted by atomic mass is 9.97. The SMILES string of the molecule is COc1ccc(C2CNC(=O)NC2)cc1OC1CCCC1. The van der Waals surface area contributed by atoms with Crippen molar-refractivity contribution >= 4 is 6.03 Å². The molecule has 2 N–H and O–H groups in total. The molecule has 0 bridgehead atoms. The first kappa shape index (κ1) is 14.0. The third-order valence-electron chi connectivity index (χ3n) is 4.27. The van der Waals surface area contributed by atoms with Crippen LogP contribution in [0.5, 0.6) is 11.5 Å². The van der Waals surface area contributed by atoms with Crippen molar-refractivity contribution in [3.05, 3.63) is 23.8 Å². The molecule has 21 heavy (non-hydrogen) atoms. The number of hydrogen-bond donors (Lipinski definition) is 2. The summed E-state index contributed by atoms with van der Waals surface area (Å²) >= 11 is 0. The van der Waals surface area contributed by atoms with Crippen LogP contribution < -0.4 is 20.1 Å². The van der Waals surface area contributed by atoms with Crippen molar-refractivity contribution in [2.24, 2.45) is 0 Å². The fraction of sp³-hybridized carbons (Fsp3) is 0.562. The number of rotatable bonds is 4. The fourth-order valence-electron chi connectivity index (χ4n) is 3.03. The highest BCUT2D eigenvalue weighted by molar-refractivity contribution is 5.75. The molecule has 5 heteroatoms. The Kier molecular flexibility index (Phi) is 4.18. The van der Waals surface area contributed by atoms with Gasteiger partial charge >= 0.3 is 6.03 Å². The molecule has 0 unspecified atom stereocenters. The summed E-state index contributed by atoms with van der Waals surface area (Å²) in [7, 11) is 1.67. The van der Waals surface area contributed by atoms with Gasteiger partial charge in [-0.1, -0.05) is 6.07 Å². The van der Waals surface area contributed by atoms with Crippen LogP contribution in [0.1, 0.15) is 37.2 Å². The number of amides is 2. The molecule has 1 aromatic rings. The first-order valence-electron chi connectivity index (χ1n) is 7.62. The molecule has 1 aliphatic heterocycles. The van der Waals surface area contributed by atoms with Gasteiger partial charge in [-0.25, -0.2) is 4.79 Å². The molecule has 2 aliphatic rings. The van der Waals surface area contributed by atoms with Gasteiger partial charge in [0.1, 0.15) is 0 Å². The molecule has 2 fully saturated rings. The molecule has 3 rings (SSSR count). The molecule has 0 spiro atoms. The Morgan fingerprint density at radius 2 is 1.81 bits per heavy atom. The van der Waals surface area contributed by atoms with E-state index >= 15 is 0 Å². The van der Waals surface area contributed by atoms with Crippen LogP contribution >= 0.6 is 0 Å². The Labute approximate surface area is 125 Å². The van der Waals surface area contributed by atoms with Crippen LogP contribution in [0, 0.1) is 0 Å². The molecule has 0 atom stereocenters. The van der Waals surface area contributed by atoms with Gasteiger partial charge in [-0.3, -0.25) is 0 Å². The second-order valence-electron chi connectivity index (χ2n) is 5.72. The van der Waals surface area contributed by atoms with Gasteiger partial charge in [0, 0.05) is 19.0 Å². The standard InChI is InChI=1S/C16H22N2O3/c1-20-14-7-6-11(12-9-17-16(19)18-10-12)8-15(14)21-13-4-2-3-5-13/h6-8,12-13H,2-5,9-10H2,1H3,(H2,17,18,19). The van der Waals surface area contributed by atoms with Gasteiger partial charge in [0.15, 0.2) is 11.5 Å². The largest absolute Gasteiger partial charge is 0.493 e. The Morgan fingerprint density at radius 3 is 2.48 bits per heavy atom. The van der Waals surface area contributed by atoms with Crippen molar-refractivity contribution in [2.75, 3.05) is 20.2 Å². The first-order valence-corrected chi connectivity index (χ1v) is 7.62. The number of urea groups is 1. The van der Waals surface area contributed by atoms with Gasteiger partial charge in [0.2, 0.25) is 0 Å². The molecule has 2 amide bonds. The molecule has 0 radical (unpaired) electrons. The number of benzene rings is 1. The molecule has 5 nitrogen and oxygen atoms in total. The van der Waals surface area contributed by atoms with Crippen LogP contribution in [-0.4, -0.2) is 32.3 Å². The summed E-state index contributed by atoms with van der Waals surface area (Å²) in [6.07, 6.45) is 5.03. The van der Waals surface area contributed by atoms with Crippen molar-refractivity contribution < 1.29 is 14.3 Å². The lowest BCUT2D eigenvalue weighted by Gasteiger charge is -2.25. The summed E-state index contributed by atoms with van der Waals surface area (Å²) in [6, 6.07) is 5.96. The summed E-state index contributed by atoms with van der Waals surface area (Å²) < 4.78 is 11.5. The minimum Gasteiger partial charge on any atom is -0.493 e. The van der Waals surface area contributed by atoms with E-state index in [-0.39, 0.29) is 11.9 Å². The van der Waals surface area contributed by atoms with Crippen molar-refractivity contribution in [1.29, 1.82) is 0 Å². The predicted molar refractivity (Wildman–Crippen MR) is 80.0 cm³/mol. The maximum absolute atomic E-state index is 11.2. The minimum absolute atomic E-state index is 0.0952. The van der Waals surface area contributed by atoms with Crippen LogP contribution in [0.15, 0.2) is 18.2 Å². The highest BCUT2D eigenvalue weighted by atomic mass is 16.5. The number of methoxy groups -OCH3 is 1. The van der Waals surface area contributed by atoms with Gasteiger partial charge in [-0.2, -0.15) is 0 Å². The van der Waals surface area contributed by atoms with Crippen molar-refractivity contribution in [2.45, 2.75) is 37.7 Å². The monoisotopic (exact) mass is 290 g/mol. The maximum Gasteiger partial charge on any atom is 0.314 e. The second-order valence-corrected chi connectivity index (χ2v) is 5.72. The molecule has 1 heterocycles. The van der Waals surface area contributed by atoms with Crippen molar-refractivity contribution in [3.8, 4) is 11.5 Å². The average molecular weight is 290 g/mol. The highest BCUT2D eigenvalue weighted by Gasteiger charge is 2.22. The Bertz CT molecular complexity index is 502. The van der Waals surface area contributed by atoms with E-state index < -0.39 is 0 Å². The summed E-state index contributed by atoms with van der Waals surface area (Å²) in [5, 5.41) is 5.66. The van der Waals surface area contributed by atoms with Crippen LogP contribution in [0.25, 0.3) is 0 Å². The van der Waals surface area contributed by atoms with Crippen molar-refractivity contribution in [1.82, 2.24) is 10.6 Å². The van der Waals surface area contributed by atoms with Gasteiger partial charge < -0.3 is 20.1 Å². The number of carbonyl (C=O) groups excluding carboxylic acids is 1. The van der Waals surface area contributed by atoms with E-state index in [2.05, 4.69) is 16.7 Å². The topological polar surface area (TPSA) is 59.6 Å². The number of hydrogen-bond acceptors (Lipinski definition) is 3. The zero-order chi connectivity index (χ0) is 14.7. The third-order valence-corrected chi connectivity index (χ3v) is 4.27. The van der Waals surface area contributed by atoms with Gasteiger partial charge in [0.05, 0.1) is 13.2 Å². The first-order chi connectivity index (χ1) is 10.3. The van der Waals surface area contributed by atoms with E-state index in [0.717, 1.165) is 29.9 Å². The van der Waals surface area contributed by atoms with E-state index in [9.17, 15) is 4.79 Å². The molecule has 1 saturated carbocycles. The van der Waals surface area contributed by atoms with E-state index in [0.29, 0.717) is 19.2 Å². The van der Waals surface area contributed by atoms with E-state index in [1.807, 2.05) is 12.1 Å². The molecule has 1 saturated heterocycles. The van der Waals surface area contributed by atoms with Gasteiger partial charge in [-0.05, 0) is 43.4 Å². The molecule has 0 aromatic heterocycles. The average Bonchev–Trinajstić information content (AvgIpc) is 3.01. The summed E-state index contributed by atoms with van der Waals surface area (Å²) in [6.45, 7) is 1.31. The van der Waals surface area contributed by atoms with Crippen molar-refractivity contribution in [3.63, 3.8) is 0 Å². The molecular formula is C16H22N2O3. The lowest BCUT2D eigenvalue weighted by molar-refractivity contribution is 0.200. The lowest BCUT2D eigenvalue weighted by Crippen LogP contribution is -2.47. The third kappa shape index (κ3) is 3.23. The fourth-order valence-corrected chi connectivity index (χ4v) is 3.03. The van der Waals surface area contributed by atoms with Crippen LogP contribution in [-0.2, 0) is 0 Å². The quantitative estimate of drug-likeness (QED) is 0.895. The smallest absolute Gasteiger partial charge is 0.314 e. The minimum atomic E-state index is -0.0952. The summed E-state index contributed by atoms with van der Waals surface area (Å²) in [4.78, 5) is 11.2. The summed E-state index contributed by atoms with van der Waals surface area (Å²) in [5.74, 6) is 1.86.